The molecule has 0 saturated carbocycles. The van der Waals surface area contributed by atoms with E-state index in [2.05, 4.69) is 11.9 Å². The van der Waals surface area contributed by atoms with E-state index in [0.29, 0.717) is 0 Å². The molecule has 49 valence electrons. The number of thiazole rings is 1. The van der Waals surface area contributed by atoms with Gasteiger partial charge in [-0.3, -0.25) is 0 Å². The highest BCUT2D eigenvalue weighted by molar-refractivity contribution is 7.16. The Morgan fingerprint density at radius 3 is 3.20 bits per heavy atom. The van der Waals surface area contributed by atoms with Crippen molar-refractivity contribution in [2.75, 3.05) is 0 Å². The summed E-state index contributed by atoms with van der Waals surface area (Å²) in [5.41, 5.74) is 3.97. The second-order valence-corrected chi connectivity index (χ2v) is 3.04. The summed E-state index contributed by atoms with van der Waals surface area (Å²) in [5.74, 6) is 0. The van der Waals surface area contributed by atoms with E-state index in [-0.39, 0.29) is 0 Å². The van der Waals surface area contributed by atoms with Gasteiger partial charge in [0.25, 0.3) is 0 Å². The van der Waals surface area contributed by atoms with Crippen LogP contribution in [0.3, 0.4) is 0 Å². The molecule has 0 bridgehead atoms. The predicted molar refractivity (Wildman–Crippen MR) is 44.1 cm³/mol. The molecule has 0 N–H and O–H groups in total. The van der Waals surface area contributed by atoms with Crippen LogP contribution in [0, 0.1) is 6.92 Å². The number of aromatic nitrogens is 1. The Kier molecular flexibility index (Phi) is 1.21. The van der Waals surface area contributed by atoms with Gasteiger partial charge in [0.2, 0.25) is 0 Å². The number of rotatable bonds is 0. The molecule has 0 atom stereocenters. The van der Waals surface area contributed by atoms with Crippen molar-refractivity contribution in [2.45, 2.75) is 0 Å². The van der Waals surface area contributed by atoms with Crippen LogP contribution in [0.25, 0.3) is 10.2 Å². The number of hydrogen-bond acceptors (Lipinski definition) is 2. The van der Waals surface area contributed by atoms with E-state index in [9.17, 15) is 0 Å². The van der Waals surface area contributed by atoms with Gasteiger partial charge in [0.05, 0.1) is 15.7 Å². The first-order chi connectivity index (χ1) is 4.86. The van der Waals surface area contributed by atoms with Crippen molar-refractivity contribution in [1.82, 2.24) is 4.98 Å². The lowest BCUT2D eigenvalue weighted by atomic mass is 10.2. The largest absolute Gasteiger partial charge is 0.245 e. The molecule has 0 fully saturated rings. The second-order valence-electron chi connectivity index (χ2n) is 2.15. The van der Waals surface area contributed by atoms with Crippen molar-refractivity contribution in [1.29, 1.82) is 0 Å². The summed E-state index contributed by atoms with van der Waals surface area (Å²) in [5, 5.41) is 0. The fraction of sp³-hybridized carbons (Fsp3) is 0. The quantitative estimate of drug-likeness (QED) is 0.559. The van der Waals surface area contributed by atoms with E-state index >= 15 is 0 Å². The molecule has 2 rings (SSSR count). The fourth-order valence-corrected chi connectivity index (χ4v) is 1.64. The molecule has 1 aromatic heterocycles. The Hall–Kier alpha value is -0.890. The van der Waals surface area contributed by atoms with Crippen molar-refractivity contribution >= 4 is 21.6 Å². The lowest BCUT2D eigenvalue weighted by Gasteiger charge is -1.88. The second kappa shape index (κ2) is 2.06. The van der Waals surface area contributed by atoms with Crippen molar-refractivity contribution in [2.24, 2.45) is 0 Å². The van der Waals surface area contributed by atoms with E-state index in [1.54, 1.807) is 11.3 Å². The molecule has 1 heterocycles. The number of fused-ring (bicyclic) bond motifs is 1. The van der Waals surface area contributed by atoms with E-state index in [0.717, 1.165) is 11.1 Å². The molecule has 1 nitrogen and oxygen atoms in total. The average molecular weight is 148 g/mol. The van der Waals surface area contributed by atoms with Crippen LogP contribution in [0.4, 0.5) is 0 Å². The zero-order chi connectivity index (χ0) is 6.97. The lowest BCUT2D eigenvalue weighted by molar-refractivity contribution is 1.49. The standard InChI is InChI=1S/C8H6NS/c1-6-2-3-7-8(4-6)10-5-9-7/h2-5H,1H2. The topological polar surface area (TPSA) is 12.9 Å². The summed E-state index contributed by atoms with van der Waals surface area (Å²) in [4.78, 5) is 4.15. The average Bonchev–Trinajstić information content (AvgIpc) is 2.33. The van der Waals surface area contributed by atoms with Crippen molar-refractivity contribution in [3.05, 3.63) is 36.2 Å². The third-order valence-electron chi connectivity index (χ3n) is 1.40. The summed E-state index contributed by atoms with van der Waals surface area (Å²) in [6.07, 6.45) is 0. The normalized spacial score (nSPS) is 10.5. The minimum atomic E-state index is 1.05. The van der Waals surface area contributed by atoms with E-state index in [4.69, 9.17) is 0 Å². The van der Waals surface area contributed by atoms with Gasteiger partial charge in [-0.05, 0) is 24.6 Å². The first-order valence-electron chi connectivity index (χ1n) is 3.01. The summed E-state index contributed by atoms with van der Waals surface area (Å²) in [6.45, 7) is 3.83. The van der Waals surface area contributed by atoms with Gasteiger partial charge in [-0.2, -0.15) is 0 Å². The molecular weight excluding hydrogens is 142 g/mol. The molecule has 0 aliphatic carbocycles. The summed E-state index contributed by atoms with van der Waals surface area (Å²) < 4.78 is 1.22. The van der Waals surface area contributed by atoms with Crippen LogP contribution in [-0.2, 0) is 0 Å². The number of benzene rings is 1. The maximum absolute atomic E-state index is 4.15. The maximum atomic E-state index is 4.15. The molecule has 10 heavy (non-hydrogen) atoms. The van der Waals surface area contributed by atoms with Gasteiger partial charge in [-0.15, -0.1) is 11.3 Å². The van der Waals surface area contributed by atoms with Gasteiger partial charge in [0.1, 0.15) is 0 Å². The highest BCUT2D eigenvalue weighted by atomic mass is 32.1. The molecule has 0 amide bonds. The summed E-state index contributed by atoms with van der Waals surface area (Å²) >= 11 is 1.65. The zero-order valence-electron chi connectivity index (χ0n) is 5.37. The van der Waals surface area contributed by atoms with Crippen molar-refractivity contribution < 1.29 is 0 Å². The van der Waals surface area contributed by atoms with Gasteiger partial charge in [0.15, 0.2) is 0 Å². The third-order valence-corrected chi connectivity index (χ3v) is 2.19. The van der Waals surface area contributed by atoms with Gasteiger partial charge < -0.3 is 0 Å². The number of nitrogens with zero attached hydrogens (tertiary/aromatic N) is 1. The molecule has 0 aliphatic heterocycles. The molecule has 0 aliphatic rings. The molecule has 0 saturated heterocycles. The molecule has 0 unspecified atom stereocenters. The Morgan fingerprint density at radius 1 is 1.40 bits per heavy atom. The van der Waals surface area contributed by atoms with Crippen LogP contribution in [0.5, 0.6) is 0 Å². The van der Waals surface area contributed by atoms with Crippen LogP contribution in [0.15, 0.2) is 23.7 Å². The van der Waals surface area contributed by atoms with E-state index in [1.165, 1.54) is 4.70 Å². The molecule has 2 aromatic rings. The molecule has 2 heteroatoms. The van der Waals surface area contributed by atoms with Crippen LogP contribution >= 0.6 is 11.3 Å². The van der Waals surface area contributed by atoms with Gasteiger partial charge >= 0.3 is 0 Å². The Bertz CT molecular complexity index is 351. The van der Waals surface area contributed by atoms with E-state index < -0.39 is 0 Å². The Labute approximate surface area is 63.3 Å². The molecule has 0 spiro atoms. The predicted octanol–water partition coefficient (Wildman–Crippen LogP) is 2.48. The van der Waals surface area contributed by atoms with E-state index in [1.807, 2.05) is 23.7 Å². The smallest absolute Gasteiger partial charge is 0.0812 e. The van der Waals surface area contributed by atoms with Gasteiger partial charge in [0, 0.05) is 0 Å². The highest BCUT2D eigenvalue weighted by Crippen LogP contribution is 2.17. The number of hydrogen-bond donors (Lipinski definition) is 0. The molecule has 1 radical (unpaired) electrons. The van der Waals surface area contributed by atoms with Crippen molar-refractivity contribution in [3.8, 4) is 0 Å². The minimum Gasteiger partial charge on any atom is -0.245 e. The molecule has 1 aromatic carbocycles. The molecular formula is C8H6NS. The van der Waals surface area contributed by atoms with Crippen LogP contribution in [0.1, 0.15) is 5.56 Å². The summed E-state index contributed by atoms with van der Waals surface area (Å²) in [7, 11) is 0. The first-order valence-corrected chi connectivity index (χ1v) is 3.89. The van der Waals surface area contributed by atoms with Crippen LogP contribution in [-0.4, -0.2) is 4.98 Å². The minimum absolute atomic E-state index is 1.05. The maximum Gasteiger partial charge on any atom is 0.0812 e. The monoisotopic (exact) mass is 148 g/mol. The van der Waals surface area contributed by atoms with Gasteiger partial charge in [-0.1, -0.05) is 6.07 Å². The zero-order valence-corrected chi connectivity index (χ0v) is 6.19. The lowest BCUT2D eigenvalue weighted by Crippen LogP contribution is -1.69. The Morgan fingerprint density at radius 2 is 2.30 bits per heavy atom. The van der Waals surface area contributed by atoms with Crippen LogP contribution in [0.2, 0.25) is 0 Å². The van der Waals surface area contributed by atoms with Crippen molar-refractivity contribution in [3.63, 3.8) is 0 Å². The fourth-order valence-electron chi connectivity index (χ4n) is 0.900. The summed E-state index contributed by atoms with van der Waals surface area (Å²) in [6, 6.07) is 6.02. The first kappa shape index (κ1) is 5.86. The SMILES string of the molecule is [CH2]c1ccc2ncsc2c1. The van der Waals surface area contributed by atoms with Gasteiger partial charge in [-0.25, -0.2) is 4.98 Å². The van der Waals surface area contributed by atoms with Crippen LogP contribution < -0.4 is 0 Å². The highest BCUT2D eigenvalue weighted by Gasteiger charge is 1.93. The third kappa shape index (κ3) is 0.809. The Balaban J connectivity index is 2.86.